The molecule has 16 heavy (non-hydrogen) atoms. The molecule has 2 nitrogen and oxygen atoms in total. The summed E-state index contributed by atoms with van der Waals surface area (Å²) in [7, 11) is 0. The lowest BCUT2D eigenvalue weighted by molar-refractivity contribution is 0.192. The number of halogens is 2. The highest BCUT2D eigenvalue weighted by Crippen LogP contribution is 2.26. The smallest absolute Gasteiger partial charge is 0.128 e. The molecule has 1 N–H and O–H groups in total. The van der Waals surface area contributed by atoms with Crippen molar-refractivity contribution in [3.05, 3.63) is 40.7 Å². The molecule has 0 aliphatic heterocycles. The molecular formula is C12H14ClFO2. The van der Waals surface area contributed by atoms with Crippen molar-refractivity contribution in [2.45, 2.75) is 20.0 Å². The van der Waals surface area contributed by atoms with Gasteiger partial charge in [-0.15, -0.1) is 0 Å². The average Bonchev–Trinajstić information content (AvgIpc) is 2.25. The first kappa shape index (κ1) is 13.0. The van der Waals surface area contributed by atoms with E-state index in [0.717, 1.165) is 5.57 Å². The summed E-state index contributed by atoms with van der Waals surface area (Å²) >= 11 is 5.49. The molecule has 4 heteroatoms. The fourth-order valence-corrected chi connectivity index (χ4v) is 1.26. The molecule has 88 valence electrons. The number of aliphatic hydroxyl groups excluding tert-OH is 1. The molecule has 0 amide bonds. The van der Waals surface area contributed by atoms with Crippen molar-refractivity contribution in [1.29, 1.82) is 0 Å². The van der Waals surface area contributed by atoms with E-state index < -0.39 is 11.9 Å². The third-order valence-corrected chi connectivity index (χ3v) is 2.44. The molecule has 0 spiro atoms. The molecule has 0 saturated heterocycles. The topological polar surface area (TPSA) is 29.5 Å². The lowest BCUT2D eigenvalue weighted by atomic mass is 10.1. The molecule has 0 unspecified atom stereocenters. The van der Waals surface area contributed by atoms with Gasteiger partial charge in [-0.1, -0.05) is 11.6 Å². The van der Waals surface area contributed by atoms with Crippen LogP contribution in [0.2, 0.25) is 0 Å². The summed E-state index contributed by atoms with van der Waals surface area (Å²) < 4.78 is 18.4. The summed E-state index contributed by atoms with van der Waals surface area (Å²) in [6.45, 7) is 3.67. The van der Waals surface area contributed by atoms with Gasteiger partial charge in [-0.05, 0) is 31.6 Å². The van der Waals surface area contributed by atoms with Crippen molar-refractivity contribution in [1.82, 2.24) is 0 Å². The van der Waals surface area contributed by atoms with Gasteiger partial charge in [-0.2, -0.15) is 0 Å². The molecule has 1 aromatic rings. The van der Waals surface area contributed by atoms with Crippen LogP contribution in [0.25, 0.3) is 0 Å². The molecule has 0 bridgehead atoms. The first-order chi connectivity index (χ1) is 7.54. The number of ether oxygens (including phenoxy) is 1. The number of rotatable bonds is 4. The van der Waals surface area contributed by atoms with Gasteiger partial charge in [0.15, 0.2) is 0 Å². The van der Waals surface area contributed by atoms with E-state index in [1.807, 2.05) is 0 Å². The van der Waals surface area contributed by atoms with Gasteiger partial charge in [0.05, 0.1) is 6.10 Å². The van der Waals surface area contributed by atoms with Gasteiger partial charge in [-0.25, -0.2) is 4.39 Å². The van der Waals surface area contributed by atoms with E-state index in [1.165, 1.54) is 23.7 Å². The number of hydrogen-bond donors (Lipinski definition) is 1. The average molecular weight is 245 g/mol. The summed E-state index contributed by atoms with van der Waals surface area (Å²) in [4.78, 5) is 0. The second kappa shape index (κ2) is 5.87. The lowest BCUT2D eigenvalue weighted by Gasteiger charge is -2.13. The summed E-state index contributed by atoms with van der Waals surface area (Å²) in [5.74, 6) is -0.0558. The Hall–Kier alpha value is -1.06. The van der Waals surface area contributed by atoms with E-state index in [2.05, 4.69) is 0 Å². The molecule has 1 atom stereocenters. The van der Waals surface area contributed by atoms with Gasteiger partial charge in [0.25, 0.3) is 0 Å². The minimum atomic E-state index is -0.698. The minimum absolute atomic E-state index is 0.271. The molecule has 0 saturated carbocycles. The summed E-state index contributed by atoms with van der Waals surface area (Å²) in [6.07, 6.45) is -0.698. The standard InChI is InChI=1S/C12H14ClFO2/c1-8(6-13)7-16-12-5-10(14)3-4-11(12)9(2)15/h3-6,9,15H,7H2,1-2H3/b8-6+/t9-/m0/s1. The van der Waals surface area contributed by atoms with Crippen molar-refractivity contribution in [2.75, 3.05) is 6.61 Å². The highest BCUT2D eigenvalue weighted by molar-refractivity contribution is 6.25. The van der Waals surface area contributed by atoms with E-state index in [9.17, 15) is 9.50 Å². The van der Waals surface area contributed by atoms with Gasteiger partial charge < -0.3 is 9.84 Å². The van der Waals surface area contributed by atoms with Gasteiger partial charge in [-0.3, -0.25) is 0 Å². The van der Waals surface area contributed by atoms with Crippen LogP contribution in [0.1, 0.15) is 25.5 Å². The zero-order valence-electron chi connectivity index (χ0n) is 9.21. The van der Waals surface area contributed by atoms with Crippen LogP contribution >= 0.6 is 11.6 Å². The SMILES string of the molecule is C/C(=C\Cl)COc1cc(F)ccc1[C@H](C)O. The van der Waals surface area contributed by atoms with Crippen molar-refractivity contribution >= 4 is 11.6 Å². The van der Waals surface area contributed by atoms with Crippen LogP contribution in [0.4, 0.5) is 4.39 Å². The van der Waals surface area contributed by atoms with Crippen molar-refractivity contribution < 1.29 is 14.2 Å². The molecule has 0 fully saturated rings. The second-order valence-corrected chi connectivity index (χ2v) is 3.82. The van der Waals surface area contributed by atoms with Crippen molar-refractivity contribution in [2.24, 2.45) is 0 Å². The highest BCUT2D eigenvalue weighted by atomic mass is 35.5. The molecule has 0 aliphatic carbocycles. The largest absolute Gasteiger partial charge is 0.489 e. The molecule has 1 aromatic carbocycles. The zero-order chi connectivity index (χ0) is 12.1. The Morgan fingerprint density at radius 2 is 2.31 bits per heavy atom. The lowest BCUT2D eigenvalue weighted by Crippen LogP contribution is -2.03. The molecule has 0 heterocycles. The molecule has 0 aliphatic rings. The van der Waals surface area contributed by atoms with E-state index in [1.54, 1.807) is 13.8 Å². The van der Waals surface area contributed by atoms with Crippen LogP contribution in [0.5, 0.6) is 5.75 Å². The predicted octanol–water partition coefficient (Wildman–Crippen LogP) is 3.40. The van der Waals surface area contributed by atoms with Crippen LogP contribution in [-0.2, 0) is 0 Å². The van der Waals surface area contributed by atoms with Crippen molar-refractivity contribution in [3.63, 3.8) is 0 Å². The van der Waals surface area contributed by atoms with Crippen LogP contribution < -0.4 is 4.74 Å². The maximum atomic E-state index is 13.0. The highest BCUT2D eigenvalue weighted by Gasteiger charge is 2.10. The summed E-state index contributed by atoms with van der Waals surface area (Å²) in [5, 5.41) is 9.47. The Bertz CT molecular complexity index is 389. The third-order valence-electron chi connectivity index (χ3n) is 2.07. The zero-order valence-corrected chi connectivity index (χ0v) is 9.96. The molecule has 1 rings (SSSR count). The first-order valence-electron chi connectivity index (χ1n) is 4.90. The fraction of sp³-hybridized carbons (Fsp3) is 0.333. The predicted molar refractivity (Wildman–Crippen MR) is 62.1 cm³/mol. The van der Waals surface area contributed by atoms with Gasteiger partial charge in [0.2, 0.25) is 0 Å². The van der Waals surface area contributed by atoms with Crippen LogP contribution in [0, 0.1) is 5.82 Å². The van der Waals surface area contributed by atoms with Crippen LogP contribution in [0.3, 0.4) is 0 Å². The molecule has 0 aromatic heterocycles. The second-order valence-electron chi connectivity index (χ2n) is 3.60. The van der Waals surface area contributed by atoms with Crippen molar-refractivity contribution in [3.8, 4) is 5.75 Å². The van der Waals surface area contributed by atoms with E-state index in [-0.39, 0.29) is 6.61 Å². The van der Waals surface area contributed by atoms with E-state index in [0.29, 0.717) is 11.3 Å². The fourth-order valence-electron chi connectivity index (χ4n) is 1.20. The van der Waals surface area contributed by atoms with Crippen LogP contribution in [0.15, 0.2) is 29.3 Å². The first-order valence-corrected chi connectivity index (χ1v) is 5.34. The summed E-state index contributed by atoms with van der Waals surface area (Å²) in [5.41, 5.74) is 2.78. The van der Waals surface area contributed by atoms with Crippen LogP contribution in [-0.4, -0.2) is 11.7 Å². The molecular weight excluding hydrogens is 231 g/mol. The Labute approximate surface area is 99.3 Å². The Morgan fingerprint density at radius 1 is 1.62 bits per heavy atom. The third kappa shape index (κ3) is 3.51. The Balaban J connectivity index is 2.88. The monoisotopic (exact) mass is 244 g/mol. The number of benzene rings is 1. The maximum Gasteiger partial charge on any atom is 0.128 e. The summed E-state index contributed by atoms with van der Waals surface area (Å²) in [6, 6.07) is 4.05. The molecule has 0 radical (unpaired) electrons. The number of aliphatic hydroxyl groups is 1. The normalized spacial score (nSPS) is 13.7. The minimum Gasteiger partial charge on any atom is -0.489 e. The number of hydrogen-bond acceptors (Lipinski definition) is 2. The van der Waals surface area contributed by atoms with Gasteiger partial charge in [0, 0.05) is 17.2 Å². The quantitative estimate of drug-likeness (QED) is 0.880. The van der Waals surface area contributed by atoms with Gasteiger partial charge in [0.1, 0.15) is 18.2 Å². The maximum absolute atomic E-state index is 13.0. The Kier molecular flexibility index (Phi) is 4.77. The Morgan fingerprint density at radius 3 is 2.88 bits per heavy atom. The van der Waals surface area contributed by atoms with E-state index in [4.69, 9.17) is 16.3 Å². The van der Waals surface area contributed by atoms with Gasteiger partial charge >= 0.3 is 0 Å². The van der Waals surface area contributed by atoms with E-state index >= 15 is 0 Å².